The second kappa shape index (κ2) is 6.41. The van der Waals surface area contributed by atoms with Gasteiger partial charge in [0.1, 0.15) is 11.6 Å². The van der Waals surface area contributed by atoms with Gasteiger partial charge in [-0.15, -0.1) is 0 Å². The number of nitrogens with zero attached hydrogens (tertiary/aromatic N) is 2. The minimum absolute atomic E-state index is 0.123. The first kappa shape index (κ1) is 15.7. The highest BCUT2D eigenvalue weighted by molar-refractivity contribution is 7.80. The van der Waals surface area contributed by atoms with Gasteiger partial charge in [0.25, 0.3) is 5.56 Å². The molecule has 2 N–H and O–H groups in total. The largest absolute Gasteiger partial charge is 0.331 e. The van der Waals surface area contributed by atoms with Crippen LogP contribution in [0.1, 0.15) is 22.4 Å². The molecule has 0 bridgehead atoms. The van der Waals surface area contributed by atoms with E-state index in [9.17, 15) is 4.79 Å². The summed E-state index contributed by atoms with van der Waals surface area (Å²) < 4.78 is 1.30. The average molecular weight is 312 g/mol. The van der Waals surface area contributed by atoms with Crippen molar-refractivity contribution >= 4 is 23.0 Å². The maximum Gasteiger partial charge on any atom is 0.287 e. The smallest absolute Gasteiger partial charge is 0.287 e. The Labute approximate surface area is 134 Å². The van der Waals surface area contributed by atoms with Crippen LogP contribution >= 0.6 is 12.2 Å². The number of nitriles is 1. The molecule has 0 atom stereocenters. The lowest BCUT2D eigenvalue weighted by atomic mass is 10.0. The highest BCUT2D eigenvalue weighted by Gasteiger charge is 2.14. The van der Waals surface area contributed by atoms with Crippen LogP contribution in [0.2, 0.25) is 0 Å². The molecule has 2 aromatic rings. The molecule has 0 radical (unpaired) electrons. The topological polar surface area (TPSA) is 69.8 Å². The standard InChI is InChI=1S/C16H16N4OS/c1-10-11(2)14(9-17)15(21)20(12(10)3)19-16(22)18-13-7-5-4-6-8-13/h4-8H,1-3H3,(H2,18,19,22). The van der Waals surface area contributed by atoms with Gasteiger partial charge >= 0.3 is 0 Å². The number of thiocarbonyl (C=S) groups is 1. The number of hydrogen-bond donors (Lipinski definition) is 2. The molecule has 0 fully saturated rings. The van der Waals surface area contributed by atoms with Crippen molar-refractivity contribution in [1.82, 2.24) is 4.68 Å². The molecule has 0 spiro atoms. The van der Waals surface area contributed by atoms with Crippen molar-refractivity contribution in [3.8, 4) is 6.07 Å². The Balaban J connectivity index is 2.34. The maximum atomic E-state index is 12.4. The zero-order valence-electron chi connectivity index (χ0n) is 12.6. The summed E-state index contributed by atoms with van der Waals surface area (Å²) >= 11 is 5.23. The molecule has 0 unspecified atom stereocenters. The summed E-state index contributed by atoms with van der Waals surface area (Å²) in [5.41, 5.74) is 5.68. The predicted octanol–water partition coefficient (Wildman–Crippen LogP) is 2.59. The number of para-hydroxylation sites is 1. The van der Waals surface area contributed by atoms with Crippen LogP contribution in [0.25, 0.3) is 0 Å². The SMILES string of the molecule is Cc1c(C)c(C)n(NC(=S)Nc2ccccc2)c(=O)c1C#N. The first-order valence-corrected chi connectivity index (χ1v) is 7.12. The summed E-state index contributed by atoms with van der Waals surface area (Å²) in [5, 5.41) is 12.4. The van der Waals surface area contributed by atoms with Gasteiger partial charge in [-0.2, -0.15) is 5.26 Å². The third-order valence-corrected chi connectivity index (χ3v) is 3.78. The molecular weight excluding hydrogens is 296 g/mol. The van der Waals surface area contributed by atoms with Gasteiger partial charge in [-0.25, -0.2) is 4.68 Å². The van der Waals surface area contributed by atoms with Gasteiger partial charge in [-0.05, 0) is 56.2 Å². The van der Waals surface area contributed by atoms with Crippen molar-refractivity contribution < 1.29 is 0 Å². The van der Waals surface area contributed by atoms with Gasteiger partial charge in [0.2, 0.25) is 0 Å². The molecule has 0 aliphatic rings. The van der Waals surface area contributed by atoms with Crippen LogP contribution in [-0.2, 0) is 0 Å². The molecular formula is C16H16N4OS. The van der Waals surface area contributed by atoms with E-state index in [1.165, 1.54) is 4.68 Å². The second-order valence-electron chi connectivity index (χ2n) is 4.89. The van der Waals surface area contributed by atoms with Crippen LogP contribution in [0.15, 0.2) is 35.1 Å². The Bertz CT molecular complexity index is 819. The normalized spacial score (nSPS) is 9.91. The van der Waals surface area contributed by atoms with E-state index in [0.29, 0.717) is 5.56 Å². The minimum atomic E-state index is -0.402. The lowest BCUT2D eigenvalue weighted by molar-refractivity contribution is 0.845. The van der Waals surface area contributed by atoms with Crippen molar-refractivity contribution in [3.05, 3.63) is 63.1 Å². The molecule has 1 heterocycles. The minimum Gasteiger partial charge on any atom is -0.331 e. The Morgan fingerprint density at radius 3 is 2.41 bits per heavy atom. The lowest BCUT2D eigenvalue weighted by Gasteiger charge is -2.18. The van der Waals surface area contributed by atoms with Crippen molar-refractivity contribution in [1.29, 1.82) is 5.26 Å². The van der Waals surface area contributed by atoms with Crippen molar-refractivity contribution in [2.75, 3.05) is 10.7 Å². The van der Waals surface area contributed by atoms with Gasteiger partial charge in [0.05, 0.1) is 0 Å². The summed E-state index contributed by atoms with van der Waals surface area (Å²) in [6.45, 7) is 5.45. The first-order valence-electron chi connectivity index (χ1n) is 6.71. The van der Waals surface area contributed by atoms with E-state index >= 15 is 0 Å². The third-order valence-electron chi connectivity index (χ3n) is 3.59. The number of hydrogen-bond acceptors (Lipinski definition) is 3. The first-order chi connectivity index (χ1) is 10.5. The van der Waals surface area contributed by atoms with E-state index in [1.54, 1.807) is 6.92 Å². The van der Waals surface area contributed by atoms with Gasteiger partial charge in [-0.1, -0.05) is 18.2 Å². The van der Waals surface area contributed by atoms with E-state index < -0.39 is 5.56 Å². The molecule has 6 heteroatoms. The number of anilines is 1. The molecule has 1 aromatic heterocycles. The van der Waals surface area contributed by atoms with E-state index in [4.69, 9.17) is 17.5 Å². The Hall–Kier alpha value is -2.65. The third kappa shape index (κ3) is 3.00. The molecule has 5 nitrogen and oxygen atoms in total. The molecule has 0 saturated heterocycles. The highest BCUT2D eigenvalue weighted by atomic mass is 32.1. The summed E-state index contributed by atoms with van der Waals surface area (Å²) in [5.74, 6) is 0. The molecule has 0 aliphatic carbocycles. The molecule has 22 heavy (non-hydrogen) atoms. The number of aromatic nitrogens is 1. The van der Waals surface area contributed by atoms with Gasteiger partial charge in [0, 0.05) is 11.4 Å². The molecule has 2 rings (SSSR count). The van der Waals surface area contributed by atoms with Crippen LogP contribution in [0.4, 0.5) is 5.69 Å². The average Bonchev–Trinajstić information content (AvgIpc) is 2.51. The number of benzene rings is 1. The summed E-state index contributed by atoms with van der Waals surface area (Å²) in [6.07, 6.45) is 0. The van der Waals surface area contributed by atoms with Crippen LogP contribution in [0.5, 0.6) is 0 Å². The van der Waals surface area contributed by atoms with Gasteiger partial charge in [0.15, 0.2) is 5.11 Å². The summed E-state index contributed by atoms with van der Waals surface area (Å²) in [7, 11) is 0. The van der Waals surface area contributed by atoms with Gasteiger partial charge < -0.3 is 5.32 Å². The number of rotatable bonds is 2. The van der Waals surface area contributed by atoms with Gasteiger partial charge in [-0.3, -0.25) is 10.2 Å². The van der Waals surface area contributed by atoms with Crippen LogP contribution in [0, 0.1) is 32.1 Å². The number of nitrogens with one attached hydrogen (secondary N) is 2. The van der Waals surface area contributed by atoms with Crippen molar-refractivity contribution in [2.24, 2.45) is 0 Å². The highest BCUT2D eigenvalue weighted by Crippen LogP contribution is 2.12. The van der Waals surface area contributed by atoms with Crippen LogP contribution in [0.3, 0.4) is 0 Å². The van der Waals surface area contributed by atoms with E-state index in [1.807, 2.05) is 50.2 Å². The molecule has 1 aromatic carbocycles. The summed E-state index contributed by atoms with van der Waals surface area (Å²) in [6, 6.07) is 11.4. The Morgan fingerprint density at radius 1 is 1.18 bits per heavy atom. The fraction of sp³-hybridized carbons (Fsp3) is 0.188. The van der Waals surface area contributed by atoms with Crippen molar-refractivity contribution in [3.63, 3.8) is 0 Å². The lowest BCUT2D eigenvalue weighted by Crippen LogP contribution is -2.38. The number of pyridine rings is 1. The van der Waals surface area contributed by atoms with Crippen LogP contribution in [-0.4, -0.2) is 9.79 Å². The molecule has 0 saturated carbocycles. The molecule has 0 amide bonds. The van der Waals surface area contributed by atoms with E-state index in [0.717, 1.165) is 16.9 Å². The van der Waals surface area contributed by atoms with Crippen molar-refractivity contribution in [2.45, 2.75) is 20.8 Å². The Kier molecular flexibility index (Phi) is 4.59. The quantitative estimate of drug-likeness (QED) is 0.834. The second-order valence-corrected chi connectivity index (χ2v) is 5.30. The molecule has 0 aliphatic heterocycles. The molecule has 112 valence electrons. The monoisotopic (exact) mass is 312 g/mol. The Morgan fingerprint density at radius 2 is 1.82 bits per heavy atom. The van der Waals surface area contributed by atoms with E-state index in [-0.39, 0.29) is 10.7 Å². The fourth-order valence-corrected chi connectivity index (χ4v) is 2.31. The zero-order valence-corrected chi connectivity index (χ0v) is 13.4. The van der Waals surface area contributed by atoms with Crippen LogP contribution < -0.4 is 16.3 Å². The predicted molar refractivity (Wildman–Crippen MR) is 91.7 cm³/mol. The zero-order chi connectivity index (χ0) is 16.3. The van der Waals surface area contributed by atoms with E-state index in [2.05, 4.69) is 10.7 Å². The summed E-state index contributed by atoms with van der Waals surface area (Å²) in [4.78, 5) is 12.4. The maximum absolute atomic E-state index is 12.4. The fourth-order valence-electron chi connectivity index (χ4n) is 2.10.